The third-order valence-corrected chi connectivity index (χ3v) is 2.04. The zero-order valence-corrected chi connectivity index (χ0v) is 9.41. The normalized spacial score (nSPS) is 10.0. The number of nitrogens with one attached hydrogen (secondary N) is 1. The van der Waals surface area contributed by atoms with Crippen molar-refractivity contribution >= 4 is 36.9 Å². The number of thiol groups is 2. The molecule has 0 fully saturated rings. The van der Waals surface area contributed by atoms with Gasteiger partial charge in [0.15, 0.2) is 10.3 Å². The van der Waals surface area contributed by atoms with Gasteiger partial charge in [-0.1, -0.05) is 18.2 Å². The molecular formula is C9H8N4S2. The summed E-state index contributed by atoms with van der Waals surface area (Å²) in [6.45, 7) is 0. The lowest BCUT2D eigenvalue weighted by Crippen LogP contribution is -1.99. The van der Waals surface area contributed by atoms with Crippen molar-refractivity contribution in [1.82, 2.24) is 15.0 Å². The van der Waals surface area contributed by atoms with Gasteiger partial charge in [-0.2, -0.15) is 15.0 Å². The van der Waals surface area contributed by atoms with Crippen LogP contribution in [0.1, 0.15) is 0 Å². The van der Waals surface area contributed by atoms with Crippen molar-refractivity contribution in [1.29, 1.82) is 0 Å². The molecule has 1 aromatic heterocycles. The number of hydrogen-bond acceptors (Lipinski definition) is 6. The summed E-state index contributed by atoms with van der Waals surface area (Å²) in [7, 11) is 0. The first-order valence-electron chi connectivity index (χ1n) is 4.20. The average molecular weight is 236 g/mol. The number of hydrogen-bond donors (Lipinski definition) is 3. The van der Waals surface area contributed by atoms with Crippen LogP contribution in [0.3, 0.4) is 0 Å². The van der Waals surface area contributed by atoms with Gasteiger partial charge in [-0.25, -0.2) is 0 Å². The third-order valence-electron chi connectivity index (χ3n) is 1.64. The van der Waals surface area contributed by atoms with E-state index in [4.69, 9.17) is 0 Å². The fraction of sp³-hybridized carbons (Fsp3) is 0. The van der Waals surface area contributed by atoms with Gasteiger partial charge >= 0.3 is 0 Å². The Morgan fingerprint density at radius 1 is 0.867 bits per heavy atom. The quantitative estimate of drug-likeness (QED) is 0.700. The van der Waals surface area contributed by atoms with Gasteiger partial charge in [0.1, 0.15) is 0 Å². The van der Waals surface area contributed by atoms with Gasteiger partial charge in [-0.15, -0.1) is 25.3 Å². The van der Waals surface area contributed by atoms with Gasteiger partial charge in [-0.3, -0.25) is 0 Å². The smallest absolute Gasteiger partial charge is 0.232 e. The summed E-state index contributed by atoms with van der Waals surface area (Å²) in [5.74, 6) is 0.436. The van der Waals surface area contributed by atoms with Gasteiger partial charge in [0, 0.05) is 5.69 Å². The molecule has 1 aromatic carbocycles. The molecule has 1 heterocycles. The first-order valence-corrected chi connectivity index (χ1v) is 5.09. The summed E-state index contributed by atoms with van der Waals surface area (Å²) in [6.07, 6.45) is 0. The maximum Gasteiger partial charge on any atom is 0.232 e. The van der Waals surface area contributed by atoms with Gasteiger partial charge < -0.3 is 5.32 Å². The lowest BCUT2D eigenvalue weighted by Gasteiger charge is -2.04. The maximum atomic E-state index is 4.04. The molecule has 1 N–H and O–H groups in total. The van der Waals surface area contributed by atoms with Crippen LogP contribution in [0.2, 0.25) is 0 Å². The zero-order chi connectivity index (χ0) is 10.7. The summed E-state index contributed by atoms with van der Waals surface area (Å²) in [4.78, 5) is 11.9. The molecule has 0 amide bonds. The highest BCUT2D eigenvalue weighted by atomic mass is 32.1. The van der Waals surface area contributed by atoms with E-state index >= 15 is 0 Å². The van der Waals surface area contributed by atoms with Crippen LogP contribution in [0.15, 0.2) is 40.6 Å². The fourth-order valence-corrected chi connectivity index (χ4v) is 1.52. The third kappa shape index (κ3) is 2.84. The van der Waals surface area contributed by atoms with Gasteiger partial charge in [0.2, 0.25) is 5.95 Å². The molecule has 15 heavy (non-hydrogen) atoms. The van der Waals surface area contributed by atoms with Crippen LogP contribution in [-0.2, 0) is 0 Å². The van der Waals surface area contributed by atoms with E-state index in [0.717, 1.165) is 5.69 Å². The molecule has 0 radical (unpaired) electrons. The van der Waals surface area contributed by atoms with Crippen molar-refractivity contribution in [3.8, 4) is 0 Å². The molecule has 0 saturated carbocycles. The van der Waals surface area contributed by atoms with E-state index in [9.17, 15) is 0 Å². The fourth-order valence-electron chi connectivity index (χ4n) is 1.06. The van der Waals surface area contributed by atoms with E-state index < -0.39 is 0 Å². The average Bonchev–Trinajstić information content (AvgIpc) is 2.17. The topological polar surface area (TPSA) is 50.7 Å². The molecule has 0 saturated heterocycles. The Kier molecular flexibility index (Phi) is 3.08. The molecule has 0 bridgehead atoms. The number of rotatable bonds is 2. The molecule has 0 aliphatic carbocycles. The second-order valence-corrected chi connectivity index (χ2v) is 3.55. The van der Waals surface area contributed by atoms with E-state index in [1.807, 2.05) is 30.3 Å². The Bertz CT molecular complexity index is 441. The van der Waals surface area contributed by atoms with E-state index in [1.165, 1.54) is 0 Å². The van der Waals surface area contributed by atoms with E-state index in [1.54, 1.807) is 0 Å². The molecule has 6 heteroatoms. The van der Waals surface area contributed by atoms with E-state index in [-0.39, 0.29) is 0 Å². The number of nitrogens with zero attached hydrogens (tertiary/aromatic N) is 3. The SMILES string of the molecule is Sc1nc(S)nc(Nc2ccccc2)n1. The molecule has 0 spiro atoms. The zero-order valence-electron chi connectivity index (χ0n) is 7.62. The van der Waals surface area contributed by atoms with Crippen molar-refractivity contribution in [2.75, 3.05) is 5.32 Å². The maximum absolute atomic E-state index is 4.04. The molecule has 76 valence electrons. The minimum Gasteiger partial charge on any atom is -0.324 e. The second-order valence-electron chi connectivity index (χ2n) is 2.75. The number of benzene rings is 1. The summed E-state index contributed by atoms with van der Waals surface area (Å²) in [5.41, 5.74) is 0.907. The Balaban J connectivity index is 2.25. The Hall–Kier alpha value is -1.27. The molecule has 4 nitrogen and oxygen atoms in total. The van der Waals surface area contributed by atoms with Crippen molar-refractivity contribution in [2.45, 2.75) is 10.3 Å². The van der Waals surface area contributed by atoms with Crippen LogP contribution in [0, 0.1) is 0 Å². The van der Waals surface area contributed by atoms with Crippen molar-refractivity contribution in [3.63, 3.8) is 0 Å². The summed E-state index contributed by atoms with van der Waals surface area (Å²) in [5, 5.41) is 3.71. The summed E-state index contributed by atoms with van der Waals surface area (Å²) >= 11 is 8.08. The van der Waals surface area contributed by atoms with Crippen LogP contribution in [0.25, 0.3) is 0 Å². The highest BCUT2D eigenvalue weighted by molar-refractivity contribution is 7.80. The number of aromatic nitrogens is 3. The van der Waals surface area contributed by atoms with Crippen molar-refractivity contribution < 1.29 is 0 Å². The minimum atomic E-state index is 0.341. The summed E-state index contributed by atoms with van der Waals surface area (Å²) in [6, 6.07) is 9.62. The van der Waals surface area contributed by atoms with Crippen LogP contribution < -0.4 is 5.32 Å². The Morgan fingerprint density at radius 2 is 1.47 bits per heavy atom. The standard InChI is InChI=1S/C9H8N4S2/c14-8-11-7(12-9(15)13-8)10-6-4-2-1-3-5-6/h1-5H,(H3,10,11,12,13,14,15). The van der Waals surface area contributed by atoms with Crippen LogP contribution in [0.5, 0.6) is 0 Å². The van der Waals surface area contributed by atoms with E-state index in [2.05, 4.69) is 45.5 Å². The Labute approximate surface area is 98.0 Å². The van der Waals surface area contributed by atoms with Crippen LogP contribution in [-0.4, -0.2) is 15.0 Å². The highest BCUT2D eigenvalue weighted by Crippen LogP contribution is 2.13. The van der Waals surface area contributed by atoms with Crippen LogP contribution in [0.4, 0.5) is 11.6 Å². The molecule has 2 aromatic rings. The Morgan fingerprint density at radius 3 is 2.07 bits per heavy atom. The predicted molar refractivity (Wildman–Crippen MR) is 64.1 cm³/mol. The second kappa shape index (κ2) is 4.50. The molecular weight excluding hydrogens is 228 g/mol. The largest absolute Gasteiger partial charge is 0.324 e. The van der Waals surface area contributed by atoms with E-state index in [0.29, 0.717) is 16.3 Å². The van der Waals surface area contributed by atoms with Crippen molar-refractivity contribution in [3.05, 3.63) is 30.3 Å². The monoisotopic (exact) mass is 236 g/mol. The molecule has 0 aliphatic rings. The lowest BCUT2D eigenvalue weighted by atomic mass is 10.3. The first-order chi connectivity index (χ1) is 7.24. The molecule has 0 unspecified atom stereocenters. The lowest BCUT2D eigenvalue weighted by molar-refractivity contribution is 0.817. The molecule has 0 atom stereocenters. The minimum absolute atomic E-state index is 0.341. The van der Waals surface area contributed by atoms with Gasteiger partial charge in [0.25, 0.3) is 0 Å². The predicted octanol–water partition coefficient (Wildman–Crippen LogP) is 2.19. The first kappa shape index (κ1) is 10.3. The van der Waals surface area contributed by atoms with Crippen molar-refractivity contribution in [2.24, 2.45) is 0 Å². The van der Waals surface area contributed by atoms with Crippen LogP contribution >= 0.6 is 25.3 Å². The molecule has 2 rings (SSSR count). The summed E-state index contributed by atoms with van der Waals surface area (Å²) < 4.78 is 0. The molecule has 0 aliphatic heterocycles. The van der Waals surface area contributed by atoms with Gasteiger partial charge in [0.05, 0.1) is 0 Å². The van der Waals surface area contributed by atoms with Gasteiger partial charge in [-0.05, 0) is 12.1 Å². The highest BCUT2D eigenvalue weighted by Gasteiger charge is 2.01. The number of anilines is 2. The number of para-hydroxylation sites is 1.